The predicted molar refractivity (Wildman–Crippen MR) is 139 cm³/mol. The maximum absolute atomic E-state index is 13.7. The van der Waals surface area contributed by atoms with Crippen LogP contribution in [0, 0.1) is 5.92 Å². The molecule has 3 rings (SSSR count). The Morgan fingerprint density at radius 2 is 1.74 bits per heavy atom. The van der Waals surface area contributed by atoms with E-state index in [9.17, 15) is 9.59 Å². The van der Waals surface area contributed by atoms with Gasteiger partial charge < -0.3 is 20.4 Å². The van der Waals surface area contributed by atoms with Crippen molar-refractivity contribution in [2.45, 2.75) is 89.9 Å². The molecule has 1 saturated carbocycles. The molecule has 1 saturated heterocycles. The summed E-state index contributed by atoms with van der Waals surface area (Å²) in [5.41, 5.74) is 1.09. The Bertz CT molecular complexity index is 794. The van der Waals surface area contributed by atoms with Crippen molar-refractivity contribution in [3.63, 3.8) is 0 Å². The summed E-state index contributed by atoms with van der Waals surface area (Å²) in [5, 5.41) is 7.42. The van der Waals surface area contributed by atoms with Crippen LogP contribution < -0.4 is 10.6 Å². The fourth-order valence-corrected chi connectivity index (χ4v) is 5.35. The number of hydrogen-bond acceptors (Lipinski definition) is 4. The van der Waals surface area contributed by atoms with E-state index >= 15 is 0 Å². The molecular weight excluding hydrogens is 448 g/mol. The highest BCUT2D eigenvalue weighted by atomic mass is 35.5. The average molecular weight is 491 g/mol. The van der Waals surface area contributed by atoms with Crippen LogP contribution in [0.1, 0.15) is 64.9 Å². The van der Waals surface area contributed by atoms with Gasteiger partial charge in [-0.2, -0.15) is 0 Å². The highest BCUT2D eigenvalue weighted by molar-refractivity contribution is 6.30. The van der Waals surface area contributed by atoms with E-state index in [0.717, 1.165) is 24.8 Å². The first-order chi connectivity index (χ1) is 16.3. The lowest BCUT2D eigenvalue weighted by molar-refractivity contribution is -0.141. The number of nitrogens with zero attached hydrogens (tertiary/aromatic N) is 2. The lowest BCUT2D eigenvalue weighted by Crippen LogP contribution is -2.53. The summed E-state index contributed by atoms with van der Waals surface area (Å²) in [5.74, 6) is 0.347. The van der Waals surface area contributed by atoms with E-state index in [-0.39, 0.29) is 35.9 Å². The van der Waals surface area contributed by atoms with Crippen molar-refractivity contribution in [1.82, 2.24) is 20.4 Å². The molecule has 190 valence electrons. The normalized spacial score (nSPS) is 21.0. The molecule has 1 aromatic carbocycles. The predicted octanol–water partition coefficient (Wildman–Crippen LogP) is 3.87. The molecule has 2 N–H and O–H groups in total. The lowest BCUT2D eigenvalue weighted by Gasteiger charge is -2.39. The van der Waals surface area contributed by atoms with Gasteiger partial charge in [0.2, 0.25) is 11.8 Å². The van der Waals surface area contributed by atoms with E-state index in [4.69, 9.17) is 11.6 Å². The van der Waals surface area contributed by atoms with Crippen molar-refractivity contribution in [2.24, 2.45) is 5.92 Å². The molecule has 1 aromatic rings. The van der Waals surface area contributed by atoms with E-state index in [1.807, 2.05) is 50.1 Å². The Kier molecular flexibility index (Phi) is 10.2. The molecule has 0 aromatic heterocycles. The third kappa shape index (κ3) is 7.19. The van der Waals surface area contributed by atoms with E-state index in [1.165, 1.54) is 19.3 Å². The first-order valence-corrected chi connectivity index (χ1v) is 13.4. The summed E-state index contributed by atoms with van der Waals surface area (Å²) in [7, 11) is 1.93. The number of likely N-dealkylation sites (N-methyl/N-ethyl adjacent to an activating group) is 1. The highest BCUT2D eigenvalue weighted by Gasteiger charge is 2.39. The average Bonchev–Trinajstić information content (AvgIpc) is 3.32. The van der Waals surface area contributed by atoms with Gasteiger partial charge in [-0.25, -0.2) is 0 Å². The van der Waals surface area contributed by atoms with Crippen molar-refractivity contribution in [2.75, 3.05) is 26.7 Å². The van der Waals surface area contributed by atoms with Crippen molar-refractivity contribution in [3.8, 4) is 0 Å². The number of rotatable bonds is 10. The Morgan fingerprint density at radius 1 is 1.06 bits per heavy atom. The Hall–Kier alpha value is -1.63. The maximum atomic E-state index is 13.7. The van der Waals surface area contributed by atoms with Crippen molar-refractivity contribution in [3.05, 3.63) is 34.9 Å². The highest BCUT2D eigenvalue weighted by Crippen LogP contribution is 2.29. The molecule has 3 atom stereocenters. The second-order valence-corrected chi connectivity index (χ2v) is 10.8. The molecule has 1 aliphatic heterocycles. The zero-order chi connectivity index (χ0) is 24.7. The monoisotopic (exact) mass is 490 g/mol. The van der Waals surface area contributed by atoms with Gasteiger partial charge in [0, 0.05) is 42.7 Å². The fraction of sp³-hybridized carbons (Fsp3) is 0.704. The van der Waals surface area contributed by atoms with Crippen LogP contribution in [-0.4, -0.2) is 72.5 Å². The molecule has 1 unspecified atom stereocenters. The van der Waals surface area contributed by atoms with Gasteiger partial charge in [0.15, 0.2) is 0 Å². The Morgan fingerprint density at radius 3 is 2.35 bits per heavy atom. The van der Waals surface area contributed by atoms with Crippen molar-refractivity contribution < 1.29 is 9.59 Å². The number of nitrogens with one attached hydrogen (secondary N) is 2. The molecule has 6 nitrogen and oxygen atoms in total. The molecule has 2 fully saturated rings. The lowest BCUT2D eigenvalue weighted by atomic mass is 9.92. The SMILES string of the molecule is CNC(C)CN[C@H](Cc1ccc(Cl)cc1)C(=O)N1CC[C@H](N(C(=O)C(C)C)C2CCCCC2)C1. The number of halogens is 1. The molecule has 0 bridgehead atoms. The molecule has 2 amide bonds. The number of amides is 2. The molecule has 1 aliphatic carbocycles. The van der Waals surface area contributed by atoms with Crippen molar-refractivity contribution in [1.29, 1.82) is 0 Å². The molecule has 0 spiro atoms. The van der Waals surface area contributed by atoms with Gasteiger partial charge in [-0.15, -0.1) is 0 Å². The summed E-state index contributed by atoms with van der Waals surface area (Å²) in [6, 6.07) is 8.13. The maximum Gasteiger partial charge on any atom is 0.240 e. The van der Waals surface area contributed by atoms with Gasteiger partial charge >= 0.3 is 0 Å². The molecule has 0 radical (unpaired) electrons. The van der Waals surface area contributed by atoms with Crippen LogP contribution in [0.3, 0.4) is 0 Å². The van der Waals surface area contributed by atoms with E-state index in [2.05, 4.69) is 22.5 Å². The van der Waals surface area contributed by atoms with Crippen LogP contribution in [0.15, 0.2) is 24.3 Å². The third-order valence-electron chi connectivity index (χ3n) is 7.40. The van der Waals surface area contributed by atoms with Crippen LogP contribution in [0.2, 0.25) is 5.02 Å². The molecule has 7 heteroatoms. The fourth-order valence-electron chi connectivity index (χ4n) is 5.23. The summed E-state index contributed by atoms with van der Waals surface area (Å²) in [6.45, 7) is 8.13. The standard InChI is InChI=1S/C27H43ClN4O2/c1-19(2)26(33)32(23-8-6-5-7-9-23)24-14-15-31(18-24)27(34)25(30-17-20(3)29-4)16-21-10-12-22(28)13-11-21/h10-13,19-20,23-25,29-30H,5-9,14-18H2,1-4H3/t20?,24-,25+/m0/s1. The van der Waals surface area contributed by atoms with Gasteiger partial charge in [-0.1, -0.05) is 56.8 Å². The van der Waals surface area contributed by atoms with Crippen LogP contribution >= 0.6 is 11.6 Å². The molecule has 34 heavy (non-hydrogen) atoms. The Labute approximate surface area is 210 Å². The van der Waals surface area contributed by atoms with E-state index in [1.54, 1.807) is 0 Å². The zero-order valence-corrected chi connectivity index (χ0v) is 22.1. The van der Waals surface area contributed by atoms with Gasteiger partial charge in [0.1, 0.15) is 0 Å². The number of carbonyl (C=O) groups excluding carboxylic acids is 2. The Balaban J connectivity index is 1.71. The van der Waals surface area contributed by atoms with Gasteiger partial charge in [0.25, 0.3) is 0 Å². The second kappa shape index (κ2) is 12.9. The van der Waals surface area contributed by atoms with Gasteiger partial charge in [-0.3, -0.25) is 9.59 Å². The third-order valence-corrected chi connectivity index (χ3v) is 7.65. The van der Waals surface area contributed by atoms with Crippen LogP contribution in [0.4, 0.5) is 0 Å². The quantitative estimate of drug-likeness (QED) is 0.522. The topological polar surface area (TPSA) is 64.7 Å². The summed E-state index contributed by atoms with van der Waals surface area (Å²) in [6.07, 6.45) is 7.30. The molecular formula is C27H43ClN4O2. The zero-order valence-electron chi connectivity index (χ0n) is 21.4. The van der Waals surface area contributed by atoms with Crippen LogP contribution in [0.5, 0.6) is 0 Å². The number of benzene rings is 1. The van der Waals surface area contributed by atoms with Gasteiger partial charge in [-0.05, 0) is 57.4 Å². The summed E-state index contributed by atoms with van der Waals surface area (Å²) in [4.78, 5) is 31.0. The first-order valence-electron chi connectivity index (χ1n) is 13.1. The minimum Gasteiger partial charge on any atom is -0.339 e. The van der Waals surface area contributed by atoms with E-state index < -0.39 is 0 Å². The minimum absolute atomic E-state index is 0.0194. The van der Waals surface area contributed by atoms with Crippen molar-refractivity contribution >= 4 is 23.4 Å². The number of carbonyl (C=O) groups is 2. The minimum atomic E-state index is -0.306. The van der Waals surface area contributed by atoms with Crippen LogP contribution in [-0.2, 0) is 16.0 Å². The molecule has 1 heterocycles. The van der Waals surface area contributed by atoms with E-state index in [0.29, 0.717) is 37.1 Å². The summed E-state index contributed by atoms with van der Waals surface area (Å²) < 4.78 is 0. The number of likely N-dealkylation sites (tertiary alicyclic amines) is 1. The summed E-state index contributed by atoms with van der Waals surface area (Å²) >= 11 is 6.06. The van der Waals surface area contributed by atoms with Crippen LogP contribution in [0.25, 0.3) is 0 Å². The second-order valence-electron chi connectivity index (χ2n) is 10.4. The van der Waals surface area contributed by atoms with Gasteiger partial charge in [0.05, 0.1) is 12.1 Å². The largest absolute Gasteiger partial charge is 0.339 e. The smallest absolute Gasteiger partial charge is 0.240 e. The first kappa shape index (κ1) is 27.0. The number of hydrogen-bond donors (Lipinski definition) is 2. The molecule has 2 aliphatic rings.